The van der Waals surface area contributed by atoms with Gasteiger partial charge in [0.25, 0.3) is 0 Å². The van der Waals surface area contributed by atoms with Gasteiger partial charge in [-0.2, -0.15) is 0 Å². The number of amides is 2. The van der Waals surface area contributed by atoms with Crippen LogP contribution in [0.2, 0.25) is 10.0 Å². The van der Waals surface area contributed by atoms with E-state index < -0.39 is 22.9 Å². The van der Waals surface area contributed by atoms with Crippen molar-refractivity contribution in [3.63, 3.8) is 0 Å². The van der Waals surface area contributed by atoms with Crippen molar-refractivity contribution >= 4 is 46.8 Å². The molecule has 0 spiro atoms. The largest absolute Gasteiger partial charge is 0.336 e. The number of halogens is 3. The van der Waals surface area contributed by atoms with E-state index in [4.69, 9.17) is 23.2 Å². The molecule has 7 nitrogen and oxygen atoms in total. The Labute approximate surface area is 211 Å². The number of hydrogen-bond donors (Lipinski definition) is 2. The molecule has 3 aliphatic rings. The number of aromatic nitrogens is 2. The van der Waals surface area contributed by atoms with Crippen LogP contribution in [0.3, 0.4) is 0 Å². The number of nitrogens with zero attached hydrogens (tertiary/aromatic N) is 3. The Balaban J connectivity index is 1.40. The van der Waals surface area contributed by atoms with Gasteiger partial charge in [0.15, 0.2) is 0 Å². The highest BCUT2D eigenvalue weighted by molar-refractivity contribution is 7.99. The van der Waals surface area contributed by atoms with E-state index in [2.05, 4.69) is 20.6 Å². The van der Waals surface area contributed by atoms with Gasteiger partial charge in [-0.05, 0) is 57.4 Å². The summed E-state index contributed by atoms with van der Waals surface area (Å²) in [5, 5.41) is 7.67. The third-order valence-electron chi connectivity index (χ3n) is 6.83. The van der Waals surface area contributed by atoms with Crippen molar-refractivity contribution in [1.29, 1.82) is 0 Å². The van der Waals surface area contributed by atoms with E-state index in [1.807, 2.05) is 13.1 Å². The lowest BCUT2D eigenvalue weighted by molar-refractivity contribution is -0.141. The maximum absolute atomic E-state index is 14.7. The fourth-order valence-electron chi connectivity index (χ4n) is 4.56. The van der Waals surface area contributed by atoms with E-state index in [1.54, 1.807) is 17.2 Å². The van der Waals surface area contributed by atoms with Gasteiger partial charge in [0.05, 0.1) is 31.8 Å². The minimum atomic E-state index is -1.05. The molecule has 3 heterocycles. The molecule has 0 unspecified atom stereocenters. The molecular formula is C23H24Cl2FN5O2S. The summed E-state index contributed by atoms with van der Waals surface area (Å²) in [5.74, 6) is -1.06. The fourth-order valence-corrected chi connectivity index (χ4v) is 5.93. The molecule has 2 N–H and O–H groups in total. The van der Waals surface area contributed by atoms with E-state index >= 15 is 0 Å². The first-order chi connectivity index (χ1) is 16.2. The van der Waals surface area contributed by atoms with E-state index in [9.17, 15) is 14.0 Å². The highest BCUT2D eigenvalue weighted by Crippen LogP contribution is 2.51. The molecule has 2 atom stereocenters. The van der Waals surface area contributed by atoms with E-state index in [1.165, 1.54) is 24.0 Å². The number of thioether (sulfide) groups is 1. The first-order valence-corrected chi connectivity index (χ1v) is 12.8. The minimum absolute atomic E-state index is 0.0445. The maximum Gasteiger partial charge on any atom is 0.244 e. The SMILES string of the molecule is CNC1(NC(=O)[C@@H]2C[C@@H](Sc3ccc(Cl)cn3)CN2C(=O)C2(c3ncc(Cl)cc3F)CC2)CC1. The van der Waals surface area contributed by atoms with Crippen LogP contribution in [0.15, 0.2) is 35.6 Å². The second-order valence-corrected chi connectivity index (χ2v) is 11.3. The number of nitrogens with one attached hydrogen (secondary N) is 2. The standard InChI is InChI=1S/C23H24Cl2FN5O2S/c1-27-23(6-7-23)30-20(32)17-9-15(34-18-3-2-13(24)10-28-18)12-31(17)21(33)22(4-5-22)19-16(26)8-14(25)11-29-19/h2-3,8,10-11,15,17,27H,4-7,9,12H2,1H3,(H,30,32)/t15-,17+/m1/s1. The van der Waals surface area contributed by atoms with Crippen molar-refractivity contribution in [2.45, 2.75) is 59.5 Å². The zero-order valence-electron chi connectivity index (χ0n) is 18.5. The van der Waals surface area contributed by atoms with E-state index in [-0.39, 0.29) is 27.8 Å². The highest BCUT2D eigenvalue weighted by Gasteiger charge is 2.58. The topological polar surface area (TPSA) is 87.2 Å². The summed E-state index contributed by atoms with van der Waals surface area (Å²) in [5.41, 5.74) is -1.35. The molecule has 1 aliphatic heterocycles. The van der Waals surface area contributed by atoms with Crippen LogP contribution in [-0.2, 0) is 15.0 Å². The summed E-state index contributed by atoms with van der Waals surface area (Å²) < 4.78 is 14.7. The van der Waals surface area contributed by atoms with Crippen molar-refractivity contribution in [1.82, 2.24) is 25.5 Å². The lowest BCUT2D eigenvalue weighted by atomic mass is 9.98. The van der Waals surface area contributed by atoms with Crippen LogP contribution in [-0.4, -0.2) is 57.2 Å². The summed E-state index contributed by atoms with van der Waals surface area (Å²) in [6, 6.07) is 4.11. The molecule has 2 aromatic rings. The molecule has 11 heteroatoms. The maximum atomic E-state index is 14.7. The summed E-state index contributed by atoms with van der Waals surface area (Å²) in [7, 11) is 1.81. The second kappa shape index (κ2) is 8.93. The molecule has 34 heavy (non-hydrogen) atoms. The van der Waals surface area contributed by atoms with Gasteiger partial charge in [-0.15, -0.1) is 11.8 Å². The number of pyridine rings is 2. The number of rotatable bonds is 7. The van der Waals surface area contributed by atoms with Crippen LogP contribution >= 0.6 is 35.0 Å². The molecule has 2 aromatic heterocycles. The number of likely N-dealkylation sites (tertiary alicyclic amines) is 1. The second-order valence-electron chi connectivity index (χ2n) is 9.15. The molecule has 0 radical (unpaired) electrons. The number of carbonyl (C=O) groups excluding carboxylic acids is 2. The Bertz CT molecular complexity index is 1130. The third kappa shape index (κ3) is 4.51. The third-order valence-corrected chi connectivity index (χ3v) is 8.41. The van der Waals surface area contributed by atoms with Crippen molar-refractivity contribution in [3.05, 3.63) is 52.1 Å². The van der Waals surface area contributed by atoms with Crippen LogP contribution in [0.25, 0.3) is 0 Å². The van der Waals surface area contributed by atoms with Gasteiger partial charge in [-0.25, -0.2) is 9.37 Å². The number of carbonyl (C=O) groups is 2. The summed E-state index contributed by atoms with van der Waals surface area (Å²) in [6.45, 7) is 0.357. The Hall–Kier alpha value is -1.94. The molecule has 180 valence electrons. The molecule has 1 saturated heterocycles. The molecule has 2 amide bonds. The summed E-state index contributed by atoms with van der Waals surface area (Å²) in [4.78, 5) is 37.2. The monoisotopic (exact) mass is 523 g/mol. The van der Waals surface area contributed by atoms with Gasteiger partial charge >= 0.3 is 0 Å². The van der Waals surface area contributed by atoms with Gasteiger partial charge in [-0.1, -0.05) is 23.2 Å². The molecule has 2 saturated carbocycles. The quantitative estimate of drug-likeness (QED) is 0.539. The summed E-state index contributed by atoms with van der Waals surface area (Å²) >= 11 is 13.3. The Morgan fingerprint density at radius 3 is 2.47 bits per heavy atom. The normalized spacial score (nSPS) is 24.1. The van der Waals surface area contributed by atoms with Crippen molar-refractivity contribution in [2.75, 3.05) is 13.6 Å². The predicted octanol–water partition coefficient (Wildman–Crippen LogP) is 3.54. The fraction of sp³-hybridized carbons (Fsp3) is 0.478. The van der Waals surface area contributed by atoms with Gasteiger partial charge in [0.2, 0.25) is 11.8 Å². The predicted molar refractivity (Wildman–Crippen MR) is 128 cm³/mol. The smallest absolute Gasteiger partial charge is 0.244 e. The molecule has 0 bridgehead atoms. The van der Waals surface area contributed by atoms with Gasteiger partial charge < -0.3 is 10.2 Å². The Morgan fingerprint density at radius 2 is 1.88 bits per heavy atom. The lowest BCUT2D eigenvalue weighted by Crippen LogP contribution is -2.55. The van der Waals surface area contributed by atoms with Crippen molar-refractivity contribution in [2.24, 2.45) is 0 Å². The van der Waals surface area contributed by atoms with Crippen molar-refractivity contribution < 1.29 is 14.0 Å². The number of hydrogen-bond acceptors (Lipinski definition) is 6. The first-order valence-electron chi connectivity index (χ1n) is 11.2. The van der Waals surface area contributed by atoms with E-state index in [0.717, 1.165) is 17.9 Å². The zero-order chi connectivity index (χ0) is 24.1. The highest BCUT2D eigenvalue weighted by atomic mass is 35.5. The Kier molecular flexibility index (Phi) is 6.25. The average molecular weight is 524 g/mol. The molecular weight excluding hydrogens is 500 g/mol. The van der Waals surface area contributed by atoms with E-state index in [0.29, 0.717) is 30.8 Å². The van der Waals surface area contributed by atoms with Gasteiger partial charge in [0.1, 0.15) is 11.9 Å². The van der Waals surface area contributed by atoms with Crippen LogP contribution in [0.1, 0.15) is 37.8 Å². The van der Waals surface area contributed by atoms with Crippen LogP contribution in [0, 0.1) is 5.82 Å². The minimum Gasteiger partial charge on any atom is -0.336 e. The lowest BCUT2D eigenvalue weighted by Gasteiger charge is -2.29. The van der Waals surface area contributed by atoms with Crippen LogP contribution in [0.4, 0.5) is 4.39 Å². The Morgan fingerprint density at radius 1 is 1.15 bits per heavy atom. The molecule has 5 rings (SSSR count). The van der Waals surface area contributed by atoms with Crippen molar-refractivity contribution in [3.8, 4) is 0 Å². The average Bonchev–Trinajstić information content (AvgIpc) is 3.73. The molecule has 0 aromatic carbocycles. The van der Waals surface area contributed by atoms with Crippen LogP contribution < -0.4 is 10.6 Å². The van der Waals surface area contributed by atoms with Crippen LogP contribution in [0.5, 0.6) is 0 Å². The molecule has 3 fully saturated rings. The summed E-state index contributed by atoms with van der Waals surface area (Å²) in [6.07, 6.45) is 6.05. The molecule has 2 aliphatic carbocycles. The van der Waals surface area contributed by atoms with Gasteiger partial charge in [-0.3, -0.25) is 19.9 Å². The zero-order valence-corrected chi connectivity index (χ0v) is 20.8. The first kappa shape index (κ1) is 23.8. The van der Waals surface area contributed by atoms with Gasteiger partial charge in [0, 0.05) is 24.2 Å².